The molecule has 2 aromatic rings. The van der Waals surface area contributed by atoms with Crippen molar-refractivity contribution in [2.45, 2.75) is 44.6 Å². The second-order valence-corrected chi connectivity index (χ2v) is 6.21. The summed E-state index contributed by atoms with van der Waals surface area (Å²) in [6.45, 7) is 1.83. The van der Waals surface area contributed by atoms with Gasteiger partial charge in [0.05, 0.1) is 11.2 Å². The van der Waals surface area contributed by atoms with E-state index in [1.165, 1.54) is 5.56 Å². The molecule has 0 spiro atoms. The third-order valence-electron chi connectivity index (χ3n) is 4.45. The summed E-state index contributed by atoms with van der Waals surface area (Å²) < 4.78 is 4.91. The number of halogens is 1. The topological polar surface area (TPSA) is 55.1 Å². The maximum Gasteiger partial charge on any atom is 0.229 e. The summed E-state index contributed by atoms with van der Waals surface area (Å²) in [5.41, 5.74) is 2.57. The highest BCUT2D eigenvalue weighted by Crippen LogP contribution is 2.41. The van der Waals surface area contributed by atoms with Crippen LogP contribution in [0, 0.1) is 6.92 Å². The van der Waals surface area contributed by atoms with Gasteiger partial charge < -0.3 is 9.84 Å². The van der Waals surface area contributed by atoms with Crippen molar-refractivity contribution in [1.29, 1.82) is 0 Å². The highest BCUT2D eigenvalue weighted by molar-refractivity contribution is 6.29. The lowest BCUT2D eigenvalue weighted by Gasteiger charge is -2.43. The Hall–Kier alpha value is -1.81. The molecule has 116 valence electrons. The number of nitrogens with zero attached hydrogens (tertiary/aromatic N) is 1. The fourth-order valence-corrected chi connectivity index (χ4v) is 3.25. The SMILES string of the molecule is Cc1noc(Cl)c1CCC(=O)NC1(c2ccccc2)CCC1. The number of hydrogen-bond acceptors (Lipinski definition) is 3. The molecule has 1 saturated carbocycles. The minimum absolute atomic E-state index is 0.0419. The van der Waals surface area contributed by atoms with Gasteiger partial charge in [-0.25, -0.2) is 0 Å². The zero-order chi connectivity index (χ0) is 15.6. The third kappa shape index (κ3) is 2.88. The van der Waals surface area contributed by atoms with E-state index >= 15 is 0 Å². The molecule has 1 aliphatic rings. The van der Waals surface area contributed by atoms with Crippen LogP contribution in [-0.4, -0.2) is 11.1 Å². The summed E-state index contributed by atoms with van der Waals surface area (Å²) in [6, 6.07) is 10.2. The van der Waals surface area contributed by atoms with Crippen molar-refractivity contribution in [3.63, 3.8) is 0 Å². The summed E-state index contributed by atoms with van der Waals surface area (Å²) in [4.78, 5) is 12.3. The van der Waals surface area contributed by atoms with Gasteiger partial charge in [0.2, 0.25) is 11.1 Å². The van der Waals surface area contributed by atoms with Crippen molar-refractivity contribution in [2.24, 2.45) is 0 Å². The zero-order valence-electron chi connectivity index (χ0n) is 12.6. The molecule has 22 heavy (non-hydrogen) atoms. The summed E-state index contributed by atoms with van der Waals surface area (Å²) in [7, 11) is 0. The van der Waals surface area contributed by atoms with Crippen LogP contribution in [0.25, 0.3) is 0 Å². The highest BCUT2D eigenvalue weighted by Gasteiger charge is 2.39. The van der Waals surface area contributed by atoms with Crippen LogP contribution >= 0.6 is 11.6 Å². The van der Waals surface area contributed by atoms with Crippen LogP contribution in [0.3, 0.4) is 0 Å². The Balaban J connectivity index is 1.64. The van der Waals surface area contributed by atoms with E-state index in [0.29, 0.717) is 12.8 Å². The molecule has 1 N–H and O–H groups in total. The lowest BCUT2D eigenvalue weighted by Crippen LogP contribution is -2.50. The Morgan fingerprint density at radius 3 is 2.64 bits per heavy atom. The van der Waals surface area contributed by atoms with Gasteiger partial charge in [0.15, 0.2) is 0 Å². The largest absolute Gasteiger partial charge is 0.347 e. The zero-order valence-corrected chi connectivity index (χ0v) is 13.3. The Morgan fingerprint density at radius 2 is 2.09 bits per heavy atom. The number of carbonyl (C=O) groups is 1. The first-order valence-corrected chi connectivity index (χ1v) is 7.96. The van der Waals surface area contributed by atoms with Crippen LogP contribution in [0.5, 0.6) is 0 Å². The van der Waals surface area contributed by atoms with Crippen molar-refractivity contribution >= 4 is 17.5 Å². The first-order valence-electron chi connectivity index (χ1n) is 7.58. The number of benzene rings is 1. The number of rotatable bonds is 5. The van der Waals surface area contributed by atoms with Crippen LogP contribution in [0.1, 0.15) is 42.5 Å². The van der Waals surface area contributed by atoms with Crippen molar-refractivity contribution in [3.05, 3.63) is 52.4 Å². The smallest absolute Gasteiger partial charge is 0.229 e. The van der Waals surface area contributed by atoms with Crippen LogP contribution in [-0.2, 0) is 16.8 Å². The summed E-state index contributed by atoms with van der Waals surface area (Å²) in [6.07, 6.45) is 4.07. The molecule has 1 amide bonds. The fourth-order valence-electron chi connectivity index (χ4n) is 2.98. The van der Waals surface area contributed by atoms with Gasteiger partial charge in [-0.2, -0.15) is 0 Å². The molecule has 0 bridgehead atoms. The predicted molar refractivity (Wildman–Crippen MR) is 84.7 cm³/mol. The molecular formula is C17H19ClN2O2. The Labute approximate surface area is 134 Å². The van der Waals surface area contributed by atoms with Gasteiger partial charge in [-0.05, 0) is 49.8 Å². The number of amides is 1. The molecule has 0 aliphatic heterocycles. The molecule has 1 aromatic heterocycles. The predicted octanol–water partition coefficient (Wildman–Crippen LogP) is 3.76. The van der Waals surface area contributed by atoms with Crippen molar-refractivity contribution in [3.8, 4) is 0 Å². The molecule has 0 atom stereocenters. The van der Waals surface area contributed by atoms with Crippen molar-refractivity contribution in [1.82, 2.24) is 10.5 Å². The number of aryl methyl sites for hydroxylation is 1. The summed E-state index contributed by atoms with van der Waals surface area (Å²) in [5.74, 6) is 0.0419. The maximum absolute atomic E-state index is 12.3. The fraction of sp³-hybridized carbons (Fsp3) is 0.412. The minimum atomic E-state index is -0.189. The number of carbonyl (C=O) groups excluding carboxylic acids is 1. The van der Waals surface area contributed by atoms with E-state index < -0.39 is 0 Å². The first-order chi connectivity index (χ1) is 10.6. The van der Waals surface area contributed by atoms with Crippen molar-refractivity contribution in [2.75, 3.05) is 0 Å². The number of aromatic nitrogens is 1. The average Bonchev–Trinajstić information content (AvgIpc) is 2.81. The van der Waals surface area contributed by atoms with Crippen LogP contribution in [0.2, 0.25) is 5.22 Å². The Kier molecular flexibility index (Phi) is 4.21. The lowest BCUT2D eigenvalue weighted by atomic mass is 9.71. The molecule has 0 saturated heterocycles. The Bertz CT molecular complexity index is 643. The molecule has 3 rings (SSSR count). The highest BCUT2D eigenvalue weighted by atomic mass is 35.5. The lowest BCUT2D eigenvalue weighted by molar-refractivity contribution is -0.124. The van der Waals surface area contributed by atoms with Gasteiger partial charge >= 0.3 is 0 Å². The minimum Gasteiger partial charge on any atom is -0.347 e. The van der Waals surface area contributed by atoms with Crippen LogP contribution in [0.15, 0.2) is 34.9 Å². The quantitative estimate of drug-likeness (QED) is 0.913. The van der Waals surface area contributed by atoms with E-state index in [9.17, 15) is 4.79 Å². The average molecular weight is 319 g/mol. The van der Waals surface area contributed by atoms with Crippen LogP contribution in [0.4, 0.5) is 0 Å². The summed E-state index contributed by atoms with van der Waals surface area (Å²) in [5, 5.41) is 7.30. The molecule has 1 fully saturated rings. The maximum atomic E-state index is 12.3. The van der Waals surface area contributed by atoms with E-state index in [1.54, 1.807) is 0 Å². The van der Waals surface area contributed by atoms with Gasteiger partial charge in [-0.3, -0.25) is 4.79 Å². The summed E-state index contributed by atoms with van der Waals surface area (Å²) >= 11 is 5.94. The van der Waals surface area contributed by atoms with Crippen LogP contribution < -0.4 is 5.32 Å². The van der Waals surface area contributed by atoms with Gasteiger partial charge in [-0.1, -0.05) is 35.5 Å². The standard InChI is InChI=1S/C17H19ClN2O2/c1-12-14(16(18)22-20-12)8-9-15(21)19-17(10-5-11-17)13-6-3-2-4-7-13/h2-4,6-7H,5,8-11H2,1H3,(H,19,21). The molecule has 1 heterocycles. The molecule has 0 unspecified atom stereocenters. The van der Waals surface area contributed by atoms with E-state index in [-0.39, 0.29) is 16.7 Å². The second kappa shape index (κ2) is 6.13. The third-order valence-corrected chi connectivity index (χ3v) is 4.75. The van der Waals surface area contributed by atoms with E-state index in [4.69, 9.17) is 16.1 Å². The van der Waals surface area contributed by atoms with Gasteiger partial charge in [0.25, 0.3) is 0 Å². The van der Waals surface area contributed by atoms with Crippen molar-refractivity contribution < 1.29 is 9.32 Å². The molecular weight excluding hydrogens is 300 g/mol. The normalized spacial score (nSPS) is 16.1. The molecule has 4 nitrogen and oxygen atoms in total. The van der Waals surface area contributed by atoms with E-state index in [0.717, 1.165) is 30.5 Å². The van der Waals surface area contributed by atoms with E-state index in [1.807, 2.05) is 25.1 Å². The van der Waals surface area contributed by atoms with Gasteiger partial charge in [-0.15, -0.1) is 0 Å². The molecule has 5 heteroatoms. The first kappa shape index (κ1) is 15.1. The second-order valence-electron chi connectivity index (χ2n) is 5.87. The molecule has 1 aliphatic carbocycles. The number of hydrogen-bond donors (Lipinski definition) is 1. The molecule has 1 aromatic carbocycles. The number of nitrogens with one attached hydrogen (secondary N) is 1. The van der Waals surface area contributed by atoms with Gasteiger partial charge in [0, 0.05) is 12.0 Å². The molecule has 0 radical (unpaired) electrons. The monoisotopic (exact) mass is 318 g/mol. The van der Waals surface area contributed by atoms with Gasteiger partial charge in [0.1, 0.15) is 0 Å². The van der Waals surface area contributed by atoms with E-state index in [2.05, 4.69) is 22.6 Å². The Morgan fingerprint density at radius 1 is 1.36 bits per heavy atom.